The van der Waals surface area contributed by atoms with E-state index in [0.717, 1.165) is 5.56 Å². The van der Waals surface area contributed by atoms with Crippen LogP contribution in [0.3, 0.4) is 0 Å². The van der Waals surface area contributed by atoms with Gasteiger partial charge in [-0.1, -0.05) is 23.7 Å². The molecule has 0 saturated heterocycles. The van der Waals surface area contributed by atoms with Gasteiger partial charge in [0.1, 0.15) is 12.0 Å². The Morgan fingerprint density at radius 1 is 1.32 bits per heavy atom. The van der Waals surface area contributed by atoms with Crippen molar-refractivity contribution in [1.82, 2.24) is 9.97 Å². The Morgan fingerprint density at radius 2 is 2.00 bits per heavy atom. The molecule has 0 spiro atoms. The van der Waals surface area contributed by atoms with E-state index < -0.39 is 4.92 Å². The molecule has 0 atom stereocenters. The predicted octanol–water partition coefficient (Wildman–Crippen LogP) is 2.23. The molecule has 0 saturated carbocycles. The summed E-state index contributed by atoms with van der Waals surface area (Å²) in [5.41, 5.74) is 6.88. The molecule has 0 fully saturated rings. The average molecular weight is 280 g/mol. The van der Waals surface area contributed by atoms with Crippen LogP contribution in [0.15, 0.2) is 30.6 Å². The summed E-state index contributed by atoms with van der Waals surface area (Å²) in [6.07, 6.45) is 1.30. The van der Waals surface area contributed by atoms with Crippen molar-refractivity contribution in [3.63, 3.8) is 0 Å². The largest absolute Gasteiger partial charge is 0.393 e. The van der Waals surface area contributed by atoms with Crippen LogP contribution in [0.25, 0.3) is 0 Å². The maximum absolute atomic E-state index is 10.5. The molecule has 1 aromatic carbocycles. The number of hydrogen-bond donors (Lipinski definition) is 2. The van der Waals surface area contributed by atoms with Crippen molar-refractivity contribution < 1.29 is 4.92 Å². The molecule has 2 rings (SSSR count). The molecule has 8 heteroatoms. The first-order valence-electron chi connectivity index (χ1n) is 5.31. The fourth-order valence-electron chi connectivity index (χ4n) is 1.44. The van der Waals surface area contributed by atoms with Gasteiger partial charge in [0.15, 0.2) is 11.0 Å². The molecular formula is C11H10ClN5O2. The zero-order valence-electron chi connectivity index (χ0n) is 9.71. The molecule has 1 heterocycles. The van der Waals surface area contributed by atoms with Gasteiger partial charge >= 0.3 is 0 Å². The number of nitrogens with zero attached hydrogens (tertiary/aromatic N) is 3. The van der Waals surface area contributed by atoms with Crippen molar-refractivity contribution in [2.45, 2.75) is 6.54 Å². The standard InChI is InChI=1S/C11H10ClN5O2/c12-10-9(13)11(16-6-15-10)14-5-7-1-3-8(4-2-7)17(18)19/h1-4,6H,5,13H2,(H,14,15,16). The number of rotatable bonds is 4. The lowest BCUT2D eigenvalue weighted by molar-refractivity contribution is -0.384. The highest BCUT2D eigenvalue weighted by atomic mass is 35.5. The van der Waals surface area contributed by atoms with Gasteiger partial charge in [0.2, 0.25) is 0 Å². The van der Waals surface area contributed by atoms with Gasteiger partial charge in [-0.2, -0.15) is 0 Å². The molecule has 19 heavy (non-hydrogen) atoms. The van der Waals surface area contributed by atoms with Crippen LogP contribution in [0, 0.1) is 10.1 Å². The molecule has 0 aliphatic carbocycles. The number of nitro groups is 1. The van der Waals surface area contributed by atoms with Gasteiger partial charge in [-0.3, -0.25) is 10.1 Å². The van der Waals surface area contributed by atoms with Crippen molar-refractivity contribution in [2.24, 2.45) is 0 Å². The zero-order valence-corrected chi connectivity index (χ0v) is 10.5. The van der Waals surface area contributed by atoms with E-state index in [1.807, 2.05) is 0 Å². The average Bonchev–Trinajstić information content (AvgIpc) is 2.41. The van der Waals surface area contributed by atoms with E-state index in [1.54, 1.807) is 12.1 Å². The Balaban J connectivity index is 2.06. The fourth-order valence-corrected chi connectivity index (χ4v) is 1.57. The summed E-state index contributed by atoms with van der Waals surface area (Å²) < 4.78 is 0. The first-order chi connectivity index (χ1) is 9.08. The number of hydrogen-bond acceptors (Lipinski definition) is 6. The van der Waals surface area contributed by atoms with Gasteiger partial charge in [-0.15, -0.1) is 0 Å². The van der Waals surface area contributed by atoms with E-state index in [1.165, 1.54) is 18.5 Å². The quantitative estimate of drug-likeness (QED) is 0.505. The Labute approximate surface area is 113 Å². The van der Waals surface area contributed by atoms with Crippen molar-refractivity contribution >= 4 is 28.8 Å². The highest BCUT2D eigenvalue weighted by molar-refractivity contribution is 6.32. The summed E-state index contributed by atoms with van der Waals surface area (Å²) in [5, 5.41) is 13.7. The Bertz CT molecular complexity index is 603. The van der Waals surface area contributed by atoms with Gasteiger partial charge in [0, 0.05) is 18.7 Å². The lowest BCUT2D eigenvalue weighted by Crippen LogP contribution is -2.05. The molecule has 0 unspecified atom stereocenters. The van der Waals surface area contributed by atoms with E-state index in [2.05, 4.69) is 15.3 Å². The van der Waals surface area contributed by atoms with Crippen molar-refractivity contribution in [3.05, 3.63) is 51.4 Å². The molecule has 7 nitrogen and oxygen atoms in total. The highest BCUT2D eigenvalue weighted by Crippen LogP contribution is 2.22. The number of non-ortho nitro benzene ring substituents is 1. The normalized spacial score (nSPS) is 10.2. The predicted molar refractivity (Wildman–Crippen MR) is 71.9 cm³/mol. The Kier molecular flexibility index (Phi) is 3.76. The Morgan fingerprint density at radius 3 is 2.63 bits per heavy atom. The summed E-state index contributed by atoms with van der Waals surface area (Å²) in [7, 11) is 0. The summed E-state index contributed by atoms with van der Waals surface area (Å²) in [6.45, 7) is 0.426. The lowest BCUT2D eigenvalue weighted by atomic mass is 10.2. The molecule has 0 aliphatic heterocycles. The van der Waals surface area contributed by atoms with Crippen LogP contribution in [0.2, 0.25) is 5.15 Å². The van der Waals surface area contributed by atoms with E-state index in [9.17, 15) is 10.1 Å². The van der Waals surface area contributed by atoms with Gasteiger partial charge in [0.05, 0.1) is 4.92 Å². The lowest BCUT2D eigenvalue weighted by Gasteiger charge is -2.08. The minimum Gasteiger partial charge on any atom is -0.393 e. The van der Waals surface area contributed by atoms with E-state index in [-0.39, 0.29) is 16.5 Å². The van der Waals surface area contributed by atoms with E-state index >= 15 is 0 Å². The van der Waals surface area contributed by atoms with Crippen LogP contribution in [0.4, 0.5) is 17.2 Å². The molecule has 1 aromatic heterocycles. The topological polar surface area (TPSA) is 107 Å². The minimum atomic E-state index is -0.445. The number of nitrogens with two attached hydrogens (primary N) is 1. The van der Waals surface area contributed by atoms with E-state index in [4.69, 9.17) is 17.3 Å². The second-order valence-corrected chi connectivity index (χ2v) is 4.06. The molecular weight excluding hydrogens is 270 g/mol. The van der Waals surface area contributed by atoms with E-state index in [0.29, 0.717) is 12.4 Å². The van der Waals surface area contributed by atoms with Gasteiger partial charge in [-0.05, 0) is 5.56 Å². The molecule has 0 aliphatic rings. The van der Waals surface area contributed by atoms with Crippen LogP contribution in [0.1, 0.15) is 5.56 Å². The number of anilines is 2. The third kappa shape index (κ3) is 3.08. The smallest absolute Gasteiger partial charge is 0.269 e. The monoisotopic (exact) mass is 279 g/mol. The number of nitrogen functional groups attached to an aromatic ring is 1. The molecule has 2 aromatic rings. The summed E-state index contributed by atoms with van der Waals surface area (Å²) in [6, 6.07) is 6.19. The third-order valence-electron chi connectivity index (χ3n) is 2.44. The highest BCUT2D eigenvalue weighted by Gasteiger charge is 2.07. The summed E-state index contributed by atoms with van der Waals surface area (Å²) in [4.78, 5) is 17.8. The zero-order chi connectivity index (χ0) is 13.8. The molecule has 3 N–H and O–H groups in total. The maximum Gasteiger partial charge on any atom is 0.269 e. The Hall–Kier alpha value is -2.41. The van der Waals surface area contributed by atoms with Crippen LogP contribution >= 0.6 is 11.6 Å². The second kappa shape index (κ2) is 5.49. The van der Waals surface area contributed by atoms with Gasteiger partial charge < -0.3 is 11.1 Å². The molecule has 0 radical (unpaired) electrons. The molecule has 0 bridgehead atoms. The number of halogens is 1. The fraction of sp³-hybridized carbons (Fsp3) is 0.0909. The van der Waals surface area contributed by atoms with Crippen molar-refractivity contribution in [1.29, 1.82) is 0 Å². The van der Waals surface area contributed by atoms with Gasteiger partial charge in [0.25, 0.3) is 5.69 Å². The SMILES string of the molecule is Nc1c(Cl)ncnc1NCc1ccc([N+](=O)[O-])cc1. The first kappa shape index (κ1) is 13.0. The summed E-state index contributed by atoms with van der Waals surface area (Å²) >= 11 is 5.76. The minimum absolute atomic E-state index is 0.0494. The first-order valence-corrected chi connectivity index (χ1v) is 5.69. The molecule has 98 valence electrons. The number of benzene rings is 1. The van der Waals surface area contributed by atoms with Gasteiger partial charge in [-0.25, -0.2) is 9.97 Å². The van der Waals surface area contributed by atoms with Crippen molar-refractivity contribution in [3.8, 4) is 0 Å². The number of nitro benzene ring substituents is 1. The molecule has 0 amide bonds. The van der Waals surface area contributed by atoms with Crippen LogP contribution in [0.5, 0.6) is 0 Å². The number of aromatic nitrogens is 2. The van der Waals surface area contributed by atoms with Crippen LogP contribution < -0.4 is 11.1 Å². The van der Waals surface area contributed by atoms with Crippen molar-refractivity contribution in [2.75, 3.05) is 11.1 Å². The summed E-state index contributed by atoms with van der Waals surface area (Å²) in [5.74, 6) is 0.429. The maximum atomic E-state index is 10.5. The third-order valence-corrected chi connectivity index (χ3v) is 2.74. The second-order valence-electron chi connectivity index (χ2n) is 3.70. The van der Waals surface area contributed by atoms with Crippen LogP contribution in [-0.4, -0.2) is 14.9 Å². The number of nitrogens with one attached hydrogen (secondary N) is 1. The van der Waals surface area contributed by atoms with Crippen LogP contribution in [-0.2, 0) is 6.54 Å².